The molecule has 1 unspecified atom stereocenters. The number of unbranched alkanes of at least 4 members (excludes halogenated alkanes) is 9. The van der Waals surface area contributed by atoms with Gasteiger partial charge >= 0.3 is 0 Å². The summed E-state index contributed by atoms with van der Waals surface area (Å²) in [6.45, 7) is 5.34. The van der Waals surface area contributed by atoms with Crippen LogP contribution < -0.4 is 4.74 Å². The Hall–Kier alpha value is -2.27. The third-order valence-electron chi connectivity index (χ3n) is 8.46. The third-order valence-corrected chi connectivity index (χ3v) is 8.46. The summed E-state index contributed by atoms with van der Waals surface area (Å²) >= 11 is 0. The fraction of sp³-hybridized carbons (Fsp3) is 0.629. The lowest BCUT2D eigenvalue weighted by Crippen LogP contribution is -2.20. The number of rotatable bonds is 17. The van der Waals surface area contributed by atoms with E-state index in [-0.39, 0.29) is 5.92 Å². The van der Waals surface area contributed by atoms with E-state index in [0.29, 0.717) is 11.8 Å². The molecule has 0 heterocycles. The van der Waals surface area contributed by atoms with Crippen molar-refractivity contribution in [3.8, 4) is 22.9 Å². The predicted octanol–water partition coefficient (Wildman–Crippen LogP) is 10.9. The fourth-order valence-corrected chi connectivity index (χ4v) is 5.99. The Morgan fingerprint density at radius 1 is 0.703 bits per heavy atom. The van der Waals surface area contributed by atoms with E-state index in [2.05, 4.69) is 68.4 Å². The normalized spacial score (nSPS) is 18.3. The Labute approximate surface area is 227 Å². The van der Waals surface area contributed by atoms with Crippen molar-refractivity contribution < 1.29 is 4.74 Å². The van der Waals surface area contributed by atoms with Gasteiger partial charge in [-0.15, -0.1) is 0 Å². The molecule has 2 heteroatoms. The van der Waals surface area contributed by atoms with Crippen molar-refractivity contribution in [3.05, 3.63) is 54.1 Å². The van der Waals surface area contributed by atoms with Crippen LogP contribution in [0.4, 0.5) is 0 Å². The summed E-state index contributed by atoms with van der Waals surface area (Å²) in [4.78, 5) is 0. The highest BCUT2D eigenvalue weighted by Gasteiger charge is 2.28. The average Bonchev–Trinajstić information content (AvgIpc) is 2.95. The minimum atomic E-state index is 0.266. The number of hydrogen-bond acceptors (Lipinski definition) is 2. The lowest BCUT2D eigenvalue weighted by molar-refractivity contribution is 0.256. The van der Waals surface area contributed by atoms with Crippen molar-refractivity contribution in [2.45, 2.75) is 122 Å². The van der Waals surface area contributed by atoms with Crippen LogP contribution in [0, 0.1) is 23.2 Å². The van der Waals surface area contributed by atoms with E-state index in [4.69, 9.17) is 4.74 Å². The number of nitriles is 1. The van der Waals surface area contributed by atoms with Crippen molar-refractivity contribution in [2.24, 2.45) is 11.8 Å². The molecular formula is C35H51NO. The number of nitrogens with zero attached hydrogens (tertiary/aromatic N) is 1. The van der Waals surface area contributed by atoms with E-state index in [9.17, 15) is 5.26 Å². The first-order chi connectivity index (χ1) is 18.2. The maximum absolute atomic E-state index is 9.75. The van der Waals surface area contributed by atoms with Crippen molar-refractivity contribution in [1.82, 2.24) is 0 Å². The first kappa shape index (κ1) is 29.3. The first-order valence-electron chi connectivity index (χ1n) is 15.5. The summed E-state index contributed by atoms with van der Waals surface area (Å²) < 4.78 is 5.95. The van der Waals surface area contributed by atoms with E-state index in [1.54, 1.807) is 0 Å². The largest absolute Gasteiger partial charge is 0.494 e. The van der Waals surface area contributed by atoms with Crippen LogP contribution in [0.3, 0.4) is 0 Å². The van der Waals surface area contributed by atoms with Crippen molar-refractivity contribution >= 4 is 0 Å². The van der Waals surface area contributed by atoms with Gasteiger partial charge in [-0.25, -0.2) is 0 Å². The molecule has 0 aliphatic heterocycles. The van der Waals surface area contributed by atoms with Gasteiger partial charge in [-0.1, -0.05) is 114 Å². The van der Waals surface area contributed by atoms with Crippen molar-refractivity contribution in [3.63, 3.8) is 0 Å². The summed E-state index contributed by atoms with van der Waals surface area (Å²) in [6, 6.07) is 20.5. The zero-order chi connectivity index (χ0) is 26.1. The minimum Gasteiger partial charge on any atom is -0.494 e. The van der Waals surface area contributed by atoms with Gasteiger partial charge in [0.25, 0.3) is 0 Å². The molecule has 1 saturated carbocycles. The highest BCUT2D eigenvalue weighted by Crippen LogP contribution is 2.40. The minimum absolute atomic E-state index is 0.266. The van der Waals surface area contributed by atoms with Gasteiger partial charge in [0.15, 0.2) is 0 Å². The monoisotopic (exact) mass is 501 g/mol. The molecule has 3 rings (SSSR count). The average molecular weight is 502 g/mol. The van der Waals surface area contributed by atoms with Crippen molar-refractivity contribution in [2.75, 3.05) is 6.61 Å². The Balaban J connectivity index is 1.40. The third kappa shape index (κ3) is 10.2. The van der Waals surface area contributed by atoms with Gasteiger partial charge in [0.05, 0.1) is 12.7 Å². The molecule has 0 amide bonds. The Bertz CT molecular complexity index is 886. The van der Waals surface area contributed by atoms with Crippen LogP contribution in [-0.2, 0) is 0 Å². The van der Waals surface area contributed by atoms with Gasteiger partial charge in [0.1, 0.15) is 5.75 Å². The zero-order valence-electron chi connectivity index (χ0n) is 23.7. The highest BCUT2D eigenvalue weighted by atomic mass is 16.5. The fourth-order valence-electron chi connectivity index (χ4n) is 5.99. The number of hydrogen-bond donors (Lipinski definition) is 0. The SMILES string of the molecule is CCCCCCCCOc1ccc(-c2ccc(C3CCC(C(C#N)CCCCCCC)CC3)cc2)cc1. The van der Waals surface area contributed by atoms with E-state index in [1.807, 2.05) is 0 Å². The first-order valence-corrected chi connectivity index (χ1v) is 15.5. The number of benzene rings is 2. The van der Waals surface area contributed by atoms with Crippen LogP contribution in [0.1, 0.15) is 128 Å². The van der Waals surface area contributed by atoms with E-state index in [1.165, 1.54) is 107 Å². The Kier molecular flexibility index (Phi) is 13.7. The molecule has 2 aromatic rings. The summed E-state index contributed by atoms with van der Waals surface area (Å²) in [5.41, 5.74) is 3.99. The van der Waals surface area contributed by atoms with Gasteiger partial charge in [0, 0.05) is 5.92 Å². The van der Waals surface area contributed by atoms with E-state index < -0.39 is 0 Å². The van der Waals surface area contributed by atoms with Gasteiger partial charge in [-0.2, -0.15) is 5.26 Å². The molecule has 2 aromatic carbocycles. The van der Waals surface area contributed by atoms with Crippen LogP contribution in [0.15, 0.2) is 48.5 Å². The standard InChI is InChI=1S/C35H51NO/c1-3-5-7-9-11-13-27-37-35-25-23-32(24-26-35)31-17-15-29(16-18-31)30-19-21-33(22-20-30)34(28-36)14-12-10-8-6-4-2/h15-18,23-26,30,33-34H,3-14,19-22,27H2,1-2H3. The Morgan fingerprint density at radius 2 is 1.24 bits per heavy atom. The highest BCUT2D eigenvalue weighted by molar-refractivity contribution is 5.64. The van der Waals surface area contributed by atoms with Gasteiger partial charge in [0.2, 0.25) is 0 Å². The molecule has 0 aromatic heterocycles. The summed E-state index contributed by atoms with van der Waals surface area (Å²) in [7, 11) is 0. The number of ether oxygens (including phenoxy) is 1. The van der Waals surface area contributed by atoms with E-state index in [0.717, 1.165) is 25.2 Å². The van der Waals surface area contributed by atoms with Crippen molar-refractivity contribution in [1.29, 1.82) is 5.26 Å². The second-order valence-electron chi connectivity index (χ2n) is 11.3. The molecule has 202 valence electrons. The zero-order valence-corrected chi connectivity index (χ0v) is 23.7. The molecule has 1 aliphatic rings. The maximum Gasteiger partial charge on any atom is 0.119 e. The lowest BCUT2D eigenvalue weighted by atomic mass is 9.73. The molecule has 0 bridgehead atoms. The van der Waals surface area contributed by atoms with Crippen LogP contribution in [0.25, 0.3) is 11.1 Å². The Morgan fingerprint density at radius 3 is 1.84 bits per heavy atom. The molecule has 0 spiro atoms. The van der Waals surface area contributed by atoms with E-state index >= 15 is 0 Å². The molecule has 1 atom stereocenters. The second kappa shape index (κ2) is 17.3. The quantitative estimate of drug-likeness (QED) is 0.202. The summed E-state index contributed by atoms with van der Waals surface area (Å²) in [6.07, 6.45) is 20.2. The molecule has 37 heavy (non-hydrogen) atoms. The van der Waals surface area contributed by atoms with Gasteiger partial charge < -0.3 is 4.74 Å². The van der Waals surface area contributed by atoms with Gasteiger partial charge in [-0.3, -0.25) is 0 Å². The van der Waals surface area contributed by atoms with Crippen LogP contribution in [-0.4, -0.2) is 6.61 Å². The lowest BCUT2D eigenvalue weighted by Gasteiger charge is -2.31. The molecule has 2 nitrogen and oxygen atoms in total. The molecule has 1 fully saturated rings. The maximum atomic E-state index is 9.75. The molecule has 0 N–H and O–H groups in total. The summed E-state index contributed by atoms with van der Waals surface area (Å²) in [5, 5.41) is 9.75. The van der Waals surface area contributed by atoms with Crippen LogP contribution in [0.2, 0.25) is 0 Å². The van der Waals surface area contributed by atoms with Crippen LogP contribution >= 0.6 is 0 Å². The predicted molar refractivity (Wildman–Crippen MR) is 158 cm³/mol. The summed E-state index contributed by atoms with van der Waals surface area (Å²) in [5.74, 6) is 2.49. The molecule has 0 radical (unpaired) electrons. The topological polar surface area (TPSA) is 33.0 Å². The second-order valence-corrected chi connectivity index (χ2v) is 11.3. The molecule has 1 aliphatic carbocycles. The van der Waals surface area contributed by atoms with Crippen LogP contribution in [0.5, 0.6) is 5.75 Å². The molecule has 0 saturated heterocycles. The molecular weight excluding hydrogens is 450 g/mol. The smallest absolute Gasteiger partial charge is 0.119 e. The van der Waals surface area contributed by atoms with Gasteiger partial charge in [-0.05, 0) is 79.2 Å².